The van der Waals surface area contributed by atoms with Gasteiger partial charge in [0.2, 0.25) is 0 Å². The molecule has 0 heterocycles. The lowest BCUT2D eigenvalue weighted by molar-refractivity contribution is 0.101. The number of hydrogen-bond donors (Lipinski definition) is 1. The minimum atomic E-state index is -3.18. The third-order valence-corrected chi connectivity index (χ3v) is 5.93. The highest BCUT2D eigenvalue weighted by Crippen LogP contribution is 2.62. The first-order chi connectivity index (χ1) is 9.90. The Labute approximate surface area is 126 Å². The summed E-state index contributed by atoms with van der Waals surface area (Å²) in [6.07, 6.45) is 1.28. The van der Waals surface area contributed by atoms with E-state index in [1.165, 1.54) is 6.26 Å². The summed E-state index contributed by atoms with van der Waals surface area (Å²) in [6, 6.07) is 7.50. The summed E-state index contributed by atoms with van der Waals surface area (Å²) >= 11 is 0. The minimum Gasteiger partial charge on any atom is -0.497 e. The molecule has 0 aliphatic heterocycles. The molecule has 0 radical (unpaired) electrons. The predicted molar refractivity (Wildman–Crippen MR) is 82.3 cm³/mol. The van der Waals surface area contributed by atoms with Crippen molar-refractivity contribution in [3.8, 4) is 5.75 Å². The lowest BCUT2D eigenvalue weighted by Gasteiger charge is -2.15. The molecule has 3 atom stereocenters. The van der Waals surface area contributed by atoms with Gasteiger partial charge in [-0.15, -0.1) is 0 Å². The first-order valence-electron chi connectivity index (χ1n) is 7.01. The van der Waals surface area contributed by atoms with Crippen molar-refractivity contribution in [1.29, 1.82) is 0 Å². The Bertz CT molecular complexity index is 584. The van der Waals surface area contributed by atoms with E-state index in [-0.39, 0.29) is 5.92 Å². The molecule has 0 aromatic heterocycles. The molecule has 6 heteroatoms. The average molecular weight is 313 g/mol. The zero-order chi connectivity index (χ0) is 15.7. The average Bonchev–Trinajstić information content (AvgIpc) is 3.15. The van der Waals surface area contributed by atoms with Crippen LogP contribution < -0.4 is 10.5 Å². The van der Waals surface area contributed by atoms with E-state index in [4.69, 9.17) is 15.2 Å². The second kappa shape index (κ2) is 5.94. The van der Waals surface area contributed by atoms with Crippen LogP contribution in [-0.2, 0) is 14.6 Å². The summed E-state index contributed by atoms with van der Waals surface area (Å²) in [7, 11) is -1.58. The second-order valence-corrected chi connectivity index (χ2v) is 7.74. The molecule has 1 aromatic carbocycles. The predicted octanol–water partition coefficient (Wildman–Crippen LogP) is 1.19. The van der Waals surface area contributed by atoms with Crippen molar-refractivity contribution in [2.75, 3.05) is 33.1 Å². The summed E-state index contributed by atoms with van der Waals surface area (Å²) in [5.41, 5.74) is 6.36. The fraction of sp³-hybridized carbons (Fsp3) is 0.600. The highest BCUT2D eigenvalue weighted by atomic mass is 32.2. The van der Waals surface area contributed by atoms with Crippen molar-refractivity contribution in [2.45, 2.75) is 18.1 Å². The molecule has 1 saturated carbocycles. The number of nitrogens with two attached hydrogens (primary N) is 1. The van der Waals surface area contributed by atoms with E-state index in [1.54, 1.807) is 7.11 Å². The van der Waals surface area contributed by atoms with Crippen LogP contribution in [-0.4, -0.2) is 46.8 Å². The van der Waals surface area contributed by atoms with Crippen LogP contribution in [0, 0.1) is 5.41 Å². The molecule has 1 aromatic rings. The van der Waals surface area contributed by atoms with Crippen molar-refractivity contribution in [3.63, 3.8) is 0 Å². The van der Waals surface area contributed by atoms with Gasteiger partial charge in [-0.1, -0.05) is 12.1 Å². The van der Waals surface area contributed by atoms with Gasteiger partial charge in [-0.25, -0.2) is 8.42 Å². The topological polar surface area (TPSA) is 78.6 Å². The van der Waals surface area contributed by atoms with Crippen LogP contribution in [0.25, 0.3) is 0 Å². The monoisotopic (exact) mass is 313 g/mol. The van der Waals surface area contributed by atoms with Crippen LogP contribution in [0.4, 0.5) is 0 Å². The quantitative estimate of drug-likeness (QED) is 0.818. The Morgan fingerprint density at radius 3 is 2.33 bits per heavy atom. The molecule has 0 bridgehead atoms. The largest absolute Gasteiger partial charge is 0.497 e. The lowest BCUT2D eigenvalue weighted by atomic mass is 10.00. The molecule has 1 fully saturated rings. The second-order valence-electron chi connectivity index (χ2n) is 5.58. The summed E-state index contributed by atoms with van der Waals surface area (Å²) < 4.78 is 34.8. The lowest BCUT2D eigenvalue weighted by Crippen LogP contribution is -2.28. The molecule has 1 aliphatic carbocycles. The SMILES string of the molecule is CCOC[C@]1(CN)[C@H](c2ccc(OC)cc2)[C@@H]1S(C)(=O)=O. The third kappa shape index (κ3) is 2.93. The van der Waals surface area contributed by atoms with E-state index in [2.05, 4.69) is 0 Å². The van der Waals surface area contributed by atoms with Crippen LogP contribution in [0.5, 0.6) is 5.75 Å². The van der Waals surface area contributed by atoms with E-state index < -0.39 is 20.5 Å². The highest BCUT2D eigenvalue weighted by molar-refractivity contribution is 7.91. The summed E-state index contributed by atoms with van der Waals surface area (Å²) in [5, 5.41) is -0.477. The van der Waals surface area contributed by atoms with E-state index in [0.29, 0.717) is 19.8 Å². The number of benzene rings is 1. The smallest absolute Gasteiger partial charge is 0.151 e. The first-order valence-corrected chi connectivity index (χ1v) is 8.96. The van der Waals surface area contributed by atoms with Crippen LogP contribution in [0.2, 0.25) is 0 Å². The number of rotatable bonds is 7. The maximum Gasteiger partial charge on any atom is 0.151 e. The maximum atomic E-state index is 12.1. The number of hydrogen-bond acceptors (Lipinski definition) is 5. The Morgan fingerprint density at radius 2 is 1.90 bits per heavy atom. The molecule has 0 amide bonds. The fourth-order valence-electron chi connectivity index (χ4n) is 3.21. The molecule has 21 heavy (non-hydrogen) atoms. The maximum absolute atomic E-state index is 12.1. The molecule has 118 valence electrons. The van der Waals surface area contributed by atoms with Crippen LogP contribution >= 0.6 is 0 Å². The van der Waals surface area contributed by atoms with E-state index in [9.17, 15) is 8.42 Å². The van der Waals surface area contributed by atoms with E-state index in [0.717, 1.165) is 11.3 Å². The van der Waals surface area contributed by atoms with E-state index in [1.807, 2.05) is 31.2 Å². The third-order valence-electron chi connectivity index (χ3n) is 4.27. The molecule has 0 saturated heterocycles. The van der Waals surface area contributed by atoms with Gasteiger partial charge < -0.3 is 15.2 Å². The molecule has 2 N–H and O–H groups in total. The Balaban J connectivity index is 2.34. The van der Waals surface area contributed by atoms with Crippen molar-refractivity contribution in [3.05, 3.63) is 29.8 Å². The van der Waals surface area contributed by atoms with Crippen molar-refractivity contribution in [2.24, 2.45) is 11.1 Å². The van der Waals surface area contributed by atoms with Gasteiger partial charge in [-0.2, -0.15) is 0 Å². The number of methoxy groups -OCH3 is 1. The van der Waals surface area contributed by atoms with Gasteiger partial charge >= 0.3 is 0 Å². The summed E-state index contributed by atoms with van der Waals surface area (Å²) in [5.74, 6) is 0.633. The molecular formula is C15H23NO4S. The highest BCUT2D eigenvalue weighted by Gasteiger charge is 2.69. The van der Waals surface area contributed by atoms with Crippen LogP contribution in [0.3, 0.4) is 0 Å². The molecule has 0 unspecified atom stereocenters. The molecule has 2 rings (SSSR count). The van der Waals surface area contributed by atoms with Crippen molar-refractivity contribution >= 4 is 9.84 Å². The molecule has 5 nitrogen and oxygen atoms in total. The standard InChI is InChI=1S/C15H23NO4S/c1-4-20-10-15(9-16)13(14(15)21(3,17)18)11-5-7-12(19-2)8-6-11/h5-8,13-14H,4,9-10,16H2,1-3H3/t13-,14+,15-/m1/s1. The van der Waals surface area contributed by atoms with Gasteiger partial charge in [0, 0.05) is 30.7 Å². The molecule has 0 spiro atoms. The van der Waals surface area contributed by atoms with Crippen LogP contribution in [0.15, 0.2) is 24.3 Å². The van der Waals surface area contributed by atoms with Crippen molar-refractivity contribution < 1.29 is 17.9 Å². The van der Waals surface area contributed by atoms with E-state index >= 15 is 0 Å². The van der Waals surface area contributed by atoms with Crippen molar-refractivity contribution in [1.82, 2.24) is 0 Å². The van der Waals surface area contributed by atoms with Gasteiger partial charge in [0.15, 0.2) is 9.84 Å². The minimum absolute atomic E-state index is 0.116. The Hall–Kier alpha value is -1.11. The zero-order valence-electron chi connectivity index (χ0n) is 12.7. The van der Waals surface area contributed by atoms with Gasteiger partial charge in [-0.05, 0) is 24.6 Å². The van der Waals surface area contributed by atoms with Gasteiger partial charge in [0.25, 0.3) is 0 Å². The fourth-order valence-corrected chi connectivity index (χ4v) is 5.22. The Morgan fingerprint density at radius 1 is 1.29 bits per heavy atom. The first kappa shape index (κ1) is 16.3. The normalized spacial score (nSPS) is 28.4. The molecule has 1 aliphatic rings. The van der Waals surface area contributed by atoms with Gasteiger partial charge in [-0.3, -0.25) is 0 Å². The van der Waals surface area contributed by atoms with Gasteiger partial charge in [0.05, 0.1) is 19.0 Å². The molecular weight excluding hydrogens is 290 g/mol. The Kier molecular flexibility index (Phi) is 4.60. The van der Waals surface area contributed by atoms with Crippen LogP contribution in [0.1, 0.15) is 18.4 Å². The number of ether oxygens (including phenoxy) is 2. The summed E-state index contributed by atoms with van der Waals surface area (Å²) in [6.45, 7) is 3.11. The van der Waals surface area contributed by atoms with Gasteiger partial charge in [0.1, 0.15) is 5.75 Å². The summed E-state index contributed by atoms with van der Waals surface area (Å²) in [4.78, 5) is 0. The number of sulfone groups is 1. The zero-order valence-corrected chi connectivity index (χ0v) is 13.5.